The molecule has 13 heavy (non-hydrogen) atoms. The monoisotopic (exact) mass is 178 g/mol. The molecule has 1 heterocycles. The molecule has 0 bridgehead atoms. The fraction of sp³-hybridized carbons (Fsp3) is 0.200. The Balaban J connectivity index is 2.73. The topological polar surface area (TPSA) is 53.6 Å². The molecule has 0 radical (unpaired) electrons. The van der Waals surface area contributed by atoms with Gasteiger partial charge in [-0.3, -0.25) is 0 Å². The maximum atomic E-state index is 9.69. The number of benzene rings is 1. The largest absolute Gasteiger partial charge is 0.507 e. The van der Waals surface area contributed by atoms with Crippen LogP contribution in [0.5, 0.6) is 5.75 Å². The summed E-state index contributed by atoms with van der Waals surface area (Å²) in [5.74, 6) is 0.0984. The zero-order valence-electron chi connectivity index (χ0n) is 7.19. The van der Waals surface area contributed by atoms with E-state index in [1.165, 1.54) is 6.26 Å². The summed E-state index contributed by atoms with van der Waals surface area (Å²) < 4.78 is 5.09. The second-order valence-electron chi connectivity index (χ2n) is 3.01. The number of rotatable bonds is 1. The molecule has 0 saturated heterocycles. The van der Waals surface area contributed by atoms with Gasteiger partial charge in [0.2, 0.25) is 0 Å². The molecule has 1 aromatic heterocycles. The number of hydrogen-bond acceptors (Lipinski definition) is 3. The van der Waals surface area contributed by atoms with Crippen LogP contribution in [0.4, 0.5) is 0 Å². The van der Waals surface area contributed by atoms with Crippen LogP contribution >= 0.6 is 0 Å². The minimum absolute atomic E-state index is 0.0984. The Hall–Kier alpha value is -1.48. The van der Waals surface area contributed by atoms with E-state index in [-0.39, 0.29) is 5.75 Å². The highest BCUT2D eigenvalue weighted by molar-refractivity contribution is 5.85. The molecule has 3 heteroatoms. The van der Waals surface area contributed by atoms with Crippen molar-refractivity contribution in [3.05, 3.63) is 30.0 Å². The van der Waals surface area contributed by atoms with Gasteiger partial charge in [0.05, 0.1) is 17.8 Å². The van der Waals surface area contributed by atoms with Crippen molar-refractivity contribution in [3.8, 4) is 5.75 Å². The van der Waals surface area contributed by atoms with Gasteiger partial charge in [-0.25, -0.2) is 0 Å². The summed E-state index contributed by atoms with van der Waals surface area (Å²) in [6, 6.07) is 5.07. The average Bonchev–Trinajstić information content (AvgIpc) is 2.52. The van der Waals surface area contributed by atoms with Crippen molar-refractivity contribution in [1.82, 2.24) is 0 Å². The predicted molar refractivity (Wildman–Crippen MR) is 48.5 cm³/mol. The Morgan fingerprint density at radius 3 is 2.77 bits per heavy atom. The van der Waals surface area contributed by atoms with Gasteiger partial charge in [0.25, 0.3) is 0 Å². The summed E-state index contributed by atoms with van der Waals surface area (Å²) >= 11 is 0. The van der Waals surface area contributed by atoms with Gasteiger partial charge < -0.3 is 14.6 Å². The fourth-order valence-electron chi connectivity index (χ4n) is 1.38. The fourth-order valence-corrected chi connectivity index (χ4v) is 1.38. The highest BCUT2D eigenvalue weighted by Gasteiger charge is 2.11. The molecule has 0 aliphatic heterocycles. The highest BCUT2D eigenvalue weighted by atomic mass is 16.3. The summed E-state index contributed by atoms with van der Waals surface area (Å²) in [5, 5.41) is 19.6. The molecule has 0 spiro atoms. The van der Waals surface area contributed by atoms with Crippen LogP contribution in [0.3, 0.4) is 0 Å². The molecule has 68 valence electrons. The van der Waals surface area contributed by atoms with Crippen molar-refractivity contribution >= 4 is 11.0 Å². The normalized spacial score (nSPS) is 13.4. The zero-order chi connectivity index (χ0) is 9.42. The molecular weight excluding hydrogens is 168 g/mol. The first-order valence-corrected chi connectivity index (χ1v) is 4.07. The minimum atomic E-state index is -0.667. The third kappa shape index (κ3) is 1.17. The summed E-state index contributed by atoms with van der Waals surface area (Å²) in [4.78, 5) is 0. The lowest BCUT2D eigenvalue weighted by atomic mass is 10.1. The molecule has 0 aliphatic rings. The lowest BCUT2D eigenvalue weighted by Gasteiger charge is -2.06. The van der Waals surface area contributed by atoms with Gasteiger partial charge in [0.15, 0.2) is 0 Å². The summed E-state index contributed by atoms with van der Waals surface area (Å²) in [6.07, 6.45) is 0.843. The average molecular weight is 178 g/mol. The molecular formula is C10H10O3. The molecule has 0 fully saturated rings. The Morgan fingerprint density at radius 1 is 1.31 bits per heavy atom. The molecule has 0 amide bonds. The maximum absolute atomic E-state index is 9.69. The lowest BCUT2D eigenvalue weighted by molar-refractivity contribution is 0.195. The van der Waals surface area contributed by atoms with Gasteiger partial charge >= 0.3 is 0 Å². The van der Waals surface area contributed by atoms with E-state index in [4.69, 9.17) is 4.42 Å². The van der Waals surface area contributed by atoms with Crippen LogP contribution in [0.25, 0.3) is 11.0 Å². The number of phenols is 1. The SMILES string of the molecule is CC(O)c1ccc2occc2c1O. The van der Waals surface area contributed by atoms with Gasteiger partial charge in [0.1, 0.15) is 11.3 Å². The van der Waals surface area contributed by atoms with Crippen LogP contribution < -0.4 is 0 Å². The van der Waals surface area contributed by atoms with Crippen molar-refractivity contribution in [3.63, 3.8) is 0 Å². The van der Waals surface area contributed by atoms with Crippen LogP contribution in [0.2, 0.25) is 0 Å². The number of phenolic OH excluding ortho intramolecular Hbond substituents is 1. The van der Waals surface area contributed by atoms with E-state index in [9.17, 15) is 10.2 Å². The molecule has 1 unspecified atom stereocenters. The van der Waals surface area contributed by atoms with E-state index < -0.39 is 6.10 Å². The third-order valence-electron chi connectivity index (χ3n) is 2.09. The van der Waals surface area contributed by atoms with Crippen molar-refractivity contribution in [2.45, 2.75) is 13.0 Å². The van der Waals surface area contributed by atoms with Crippen LogP contribution in [0, 0.1) is 0 Å². The van der Waals surface area contributed by atoms with E-state index in [2.05, 4.69) is 0 Å². The van der Waals surface area contributed by atoms with Crippen molar-refractivity contribution in [2.75, 3.05) is 0 Å². The van der Waals surface area contributed by atoms with Crippen molar-refractivity contribution in [1.29, 1.82) is 0 Å². The van der Waals surface area contributed by atoms with Gasteiger partial charge in [-0.15, -0.1) is 0 Å². The molecule has 2 N–H and O–H groups in total. The second kappa shape index (κ2) is 2.78. The number of aromatic hydroxyl groups is 1. The number of hydrogen-bond donors (Lipinski definition) is 2. The highest BCUT2D eigenvalue weighted by Crippen LogP contribution is 2.32. The standard InChI is InChI=1S/C10H10O3/c1-6(11)7-2-3-9-8(10(7)12)4-5-13-9/h2-6,11-12H,1H3. The van der Waals surface area contributed by atoms with E-state index in [0.717, 1.165) is 0 Å². The second-order valence-corrected chi connectivity index (χ2v) is 3.01. The summed E-state index contributed by atoms with van der Waals surface area (Å²) in [7, 11) is 0. The minimum Gasteiger partial charge on any atom is -0.507 e. The Labute approximate surface area is 75.2 Å². The summed E-state index contributed by atoms with van der Waals surface area (Å²) in [5.41, 5.74) is 1.15. The smallest absolute Gasteiger partial charge is 0.137 e. The van der Waals surface area contributed by atoms with Gasteiger partial charge in [0, 0.05) is 5.56 Å². The lowest BCUT2D eigenvalue weighted by Crippen LogP contribution is -1.90. The van der Waals surface area contributed by atoms with E-state index >= 15 is 0 Å². The first-order valence-electron chi connectivity index (χ1n) is 4.07. The molecule has 2 aromatic rings. The molecule has 0 saturated carbocycles. The van der Waals surface area contributed by atoms with Gasteiger partial charge in [-0.05, 0) is 25.1 Å². The van der Waals surface area contributed by atoms with Crippen LogP contribution in [0.1, 0.15) is 18.6 Å². The molecule has 1 atom stereocenters. The first-order chi connectivity index (χ1) is 6.20. The Morgan fingerprint density at radius 2 is 2.08 bits per heavy atom. The van der Waals surface area contributed by atoms with Crippen molar-refractivity contribution in [2.24, 2.45) is 0 Å². The van der Waals surface area contributed by atoms with Crippen LogP contribution in [-0.2, 0) is 0 Å². The Kier molecular flexibility index (Phi) is 1.74. The van der Waals surface area contributed by atoms with E-state index in [0.29, 0.717) is 16.5 Å². The number of fused-ring (bicyclic) bond motifs is 1. The van der Waals surface area contributed by atoms with Gasteiger partial charge in [-0.1, -0.05) is 0 Å². The maximum Gasteiger partial charge on any atom is 0.137 e. The third-order valence-corrected chi connectivity index (χ3v) is 2.09. The number of aliphatic hydroxyl groups excluding tert-OH is 1. The summed E-state index contributed by atoms with van der Waals surface area (Å²) in [6.45, 7) is 1.61. The van der Waals surface area contributed by atoms with E-state index in [1.807, 2.05) is 0 Å². The van der Waals surface area contributed by atoms with Crippen LogP contribution in [0.15, 0.2) is 28.9 Å². The van der Waals surface area contributed by atoms with Gasteiger partial charge in [-0.2, -0.15) is 0 Å². The molecule has 0 aliphatic carbocycles. The first kappa shape index (κ1) is 8.13. The molecule has 1 aromatic carbocycles. The van der Waals surface area contributed by atoms with E-state index in [1.54, 1.807) is 25.1 Å². The number of aliphatic hydroxyl groups is 1. The predicted octanol–water partition coefficient (Wildman–Crippen LogP) is 2.19. The Bertz CT molecular complexity index is 429. The quantitative estimate of drug-likeness (QED) is 0.703. The molecule has 2 rings (SSSR count). The molecule has 3 nitrogen and oxygen atoms in total. The van der Waals surface area contributed by atoms with Crippen LogP contribution in [-0.4, -0.2) is 10.2 Å². The number of furan rings is 1. The van der Waals surface area contributed by atoms with Crippen molar-refractivity contribution < 1.29 is 14.6 Å². The zero-order valence-corrected chi connectivity index (χ0v) is 7.19.